The van der Waals surface area contributed by atoms with Crippen molar-refractivity contribution >= 4 is 17.8 Å². The van der Waals surface area contributed by atoms with Crippen molar-refractivity contribution < 1.29 is 19.5 Å². The topological polar surface area (TPSA) is 77.9 Å². The van der Waals surface area contributed by atoms with Crippen molar-refractivity contribution in [1.29, 1.82) is 0 Å². The van der Waals surface area contributed by atoms with Gasteiger partial charge in [-0.2, -0.15) is 0 Å². The summed E-state index contributed by atoms with van der Waals surface area (Å²) in [4.78, 5) is 41.5. The molecule has 2 amide bonds. The average molecular weight is 483 g/mol. The Bertz CT molecular complexity index is 1240. The molecular formula is C30H30N2O4. The predicted octanol–water partition coefficient (Wildman–Crippen LogP) is 4.12. The normalized spacial score (nSPS) is 15.9. The van der Waals surface area contributed by atoms with Gasteiger partial charge in [0.25, 0.3) is 0 Å². The maximum atomic E-state index is 12.7. The van der Waals surface area contributed by atoms with Crippen LogP contribution in [0.5, 0.6) is 0 Å². The molecule has 1 aliphatic carbocycles. The highest BCUT2D eigenvalue weighted by atomic mass is 16.4. The average Bonchev–Trinajstić information content (AvgIpc) is 3.19. The summed E-state index contributed by atoms with van der Waals surface area (Å²) >= 11 is 0. The fraction of sp³-hybridized carbons (Fsp3) is 0.300. The third kappa shape index (κ3) is 4.28. The Morgan fingerprint density at radius 1 is 0.806 bits per heavy atom. The van der Waals surface area contributed by atoms with Crippen molar-refractivity contribution in [3.05, 3.63) is 95.6 Å². The number of rotatable bonds is 8. The summed E-state index contributed by atoms with van der Waals surface area (Å²) < 4.78 is 0. The third-order valence-corrected chi connectivity index (χ3v) is 7.53. The number of nitrogens with zero attached hydrogens (tertiary/aromatic N) is 2. The molecule has 0 bridgehead atoms. The second-order valence-electron chi connectivity index (χ2n) is 9.62. The van der Waals surface area contributed by atoms with Crippen molar-refractivity contribution in [3.8, 4) is 11.1 Å². The molecule has 6 heteroatoms. The number of piperazine rings is 1. The zero-order valence-electron chi connectivity index (χ0n) is 20.2. The van der Waals surface area contributed by atoms with Crippen LogP contribution in [0.15, 0.2) is 78.9 Å². The number of unbranched alkanes of at least 4 members (excludes halogenated alkanes) is 1. The molecule has 1 N–H and O–H groups in total. The van der Waals surface area contributed by atoms with E-state index in [-0.39, 0.29) is 18.4 Å². The number of benzene rings is 3. The minimum atomic E-state index is -1.07. The van der Waals surface area contributed by atoms with Crippen LogP contribution in [0, 0.1) is 0 Å². The molecule has 1 heterocycles. The van der Waals surface area contributed by atoms with Crippen molar-refractivity contribution in [2.45, 2.75) is 31.1 Å². The lowest BCUT2D eigenvalue weighted by atomic mass is 9.74. The summed E-state index contributed by atoms with van der Waals surface area (Å²) in [5.74, 6) is -0.912. The summed E-state index contributed by atoms with van der Waals surface area (Å²) in [7, 11) is 0. The number of carbonyl (C=O) groups is 3. The van der Waals surface area contributed by atoms with Gasteiger partial charge in [0.2, 0.25) is 11.8 Å². The lowest BCUT2D eigenvalue weighted by Gasteiger charge is -2.34. The van der Waals surface area contributed by atoms with Crippen LogP contribution < -0.4 is 0 Å². The van der Waals surface area contributed by atoms with E-state index in [1.54, 1.807) is 9.80 Å². The summed E-state index contributed by atoms with van der Waals surface area (Å²) in [5.41, 5.74) is 3.55. The first-order chi connectivity index (χ1) is 17.5. The quantitative estimate of drug-likeness (QED) is 0.490. The van der Waals surface area contributed by atoms with E-state index in [1.165, 1.54) is 0 Å². The highest BCUT2D eigenvalue weighted by Crippen LogP contribution is 2.51. The first kappa shape index (κ1) is 23.8. The first-order valence-electron chi connectivity index (χ1n) is 12.5. The molecule has 184 valence electrons. The molecule has 0 saturated carbocycles. The zero-order valence-corrected chi connectivity index (χ0v) is 20.2. The molecule has 6 nitrogen and oxygen atoms in total. The molecule has 0 unspecified atom stereocenters. The Morgan fingerprint density at radius 3 is 2.03 bits per heavy atom. The molecule has 1 aliphatic heterocycles. The van der Waals surface area contributed by atoms with Gasteiger partial charge >= 0.3 is 5.97 Å². The Hall–Kier alpha value is -3.93. The number of hydrogen-bond donors (Lipinski definition) is 1. The van der Waals surface area contributed by atoms with Gasteiger partial charge in [0.05, 0.1) is 13.0 Å². The van der Waals surface area contributed by atoms with Crippen LogP contribution in [-0.2, 0) is 26.2 Å². The number of fused-ring (bicyclic) bond motifs is 3. The van der Waals surface area contributed by atoms with Crippen molar-refractivity contribution in [2.24, 2.45) is 0 Å². The standard InChI is InChI=1S/C30H30N2O4/c33-27(20-22-10-2-1-3-11-22)32-19-18-31(28(34)21-32)17-9-8-16-30(29(35)36)25-14-6-4-12-23(25)24-13-5-7-15-26(24)30/h1-7,10-15H,8-9,16-21H2,(H,35,36). The van der Waals surface area contributed by atoms with Gasteiger partial charge in [-0.3, -0.25) is 14.4 Å². The van der Waals surface area contributed by atoms with Gasteiger partial charge in [-0.25, -0.2) is 0 Å². The van der Waals surface area contributed by atoms with Crippen LogP contribution in [0.1, 0.15) is 36.0 Å². The monoisotopic (exact) mass is 482 g/mol. The Balaban J connectivity index is 1.19. The van der Waals surface area contributed by atoms with Gasteiger partial charge in [0, 0.05) is 19.6 Å². The molecule has 0 atom stereocenters. The molecule has 5 rings (SSSR count). The highest BCUT2D eigenvalue weighted by molar-refractivity contribution is 5.97. The fourth-order valence-corrected chi connectivity index (χ4v) is 5.66. The molecule has 0 spiro atoms. The van der Waals surface area contributed by atoms with Crippen molar-refractivity contribution in [2.75, 3.05) is 26.2 Å². The maximum absolute atomic E-state index is 12.7. The lowest BCUT2D eigenvalue weighted by molar-refractivity contribution is -0.145. The Labute approximate surface area is 211 Å². The van der Waals surface area contributed by atoms with E-state index in [1.807, 2.05) is 78.9 Å². The summed E-state index contributed by atoms with van der Waals surface area (Å²) in [6.07, 6.45) is 2.16. The Kier molecular flexibility index (Phi) is 6.59. The van der Waals surface area contributed by atoms with Crippen LogP contribution >= 0.6 is 0 Å². The summed E-state index contributed by atoms with van der Waals surface area (Å²) in [6.45, 7) is 1.70. The first-order valence-corrected chi connectivity index (χ1v) is 12.5. The van der Waals surface area contributed by atoms with Crippen LogP contribution in [0.2, 0.25) is 0 Å². The van der Waals surface area contributed by atoms with E-state index in [0.29, 0.717) is 45.3 Å². The van der Waals surface area contributed by atoms with Gasteiger partial charge in [-0.1, -0.05) is 78.9 Å². The van der Waals surface area contributed by atoms with Gasteiger partial charge < -0.3 is 14.9 Å². The molecule has 2 aliphatic rings. The van der Waals surface area contributed by atoms with E-state index >= 15 is 0 Å². The van der Waals surface area contributed by atoms with Gasteiger partial charge in [0.15, 0.2) is 0 Å². The Morgan fingerprint density at radius 2 is 1.42 bits per heavy atom. The predicted molar refractivity (Wildman–Crippen MR) is 137 cm³/mol. The number of hydrogen-bond acceptors (Lipinski definition) is 3. The maximum Gasteiger partial charge on any atom is 0.318 e. The van der Waals surface area contributed by atoms with E-state index < -0.39 is 11.4 Å². The van der Waals surface area contributed by atoms with Crippen molar-refractivity contribution in [1.82, 2.24) is 9.80 Å². The zero-order chi connectivity index (χ0) is 25.1. The molecule has 0 radical (unpaired) electrons. The van der Waals surface area contributed by atoms with Crippen LogP contribution in [0.4, 0.5) is 0 Å². The van der Waals surface area contributed by atoms with Gasteiger partial charge in [-0.15, -0.1) is 0 Å². The number of carboxylic acid groups (broad SMARTS) is 1. The van der Waals surface area contributed by atoms with E-state index in [2.05, 4.69) is 0 Å². The summed E-state index contributed by atoms with van der Waals surface area (Å²) in [5, 5.41) is 10.4. The molecule has 1 fully saturated rings. The molecule has 36 heavy (non-hydrogen) atoms. The second-order valence-corrected chi connectivity index (χ2v) is 9.62. The number of amides is 2. The van der Waals surface area contributed by atoms with Gasteiger partial charge in [0.1, 0.15) is 5.41 Å². The molecule has 1 saturated heterocycles. The number of carboxylic acids is 1. The highest BCUT2D eigenvalue weighted by Gasteiger charge is 2.48. The summed E-state index contributed by atoms with van der Waals surface area (Å²) in [6, 6.07) is 25.1. The minimum absolute atomic E-state index is 0.0313. The second kappa shape index (κ2) is 9.97. The van der Waals surface area contributed by atoms with Crippen molar-refractivity contribution in [3.63, 3.8) is 0 Å². The third-order valence-electron chi connectivity index (χ3n) is 7.53. The SMILES string of the molecule is O=C1CN(C(=O)Cc2ccccc2)CCN1CCCCC1(C(=O)O)c2ccccc2-c2ccccc21. The smallest absolute Gasteiger partial charge is 0.318 e. The molecule has 3 aromatic carbocycles. The molecular weight excluding hydrogens is 452 g/mol. The number of carbonyl (C=O) groups excluding carboxylic acids is 2. The minimum Gasteiger partial charge on any atom is -0.480 e. The number of aliphatic carboxylic acids is 1. The van der Waals surface area contributed by atoms with E-state index in [0.717, 1.165) is 27.8 Å². The van der Waals surface area contributed by atoms with Crippen LogP contribution in [-0.4, -0.2) is 58.9 Å². The lowest BCUT2D eigenvalue weighted by Crippen LogP contribution is -2.52. The largest absolute Gasteiger partial charge is 0.480 e. The molecule has 3 aromatic rings. The van der Waals surface area contributed by atoms with E-state index in [9.17, 15) is 19.5 Å². The van der Waals surface area contributed by atoms with Gasteiger partial charge in [-0.05, 0) is 47.1 Å². The van der Waals surface area contributed by atoms with Crippen LogP contribution in [0.25, 0.3) is 11.1 Å². The fourth-order valence-electron chi connectivity index (χ4n) is 5.66. The molecule has 0 aromatic heterocycles. The van der Waals surface area contributed by atoms with E-state index in [4.69, 9.17) is 0 Å². The van der Waals surface area contributed by atoms with Crippen LogP contribution in [0.3, 0.4) is 0 Å².